The van der Waals surface area contributed by atoms with E-state index in [1.807, 2.05) is 6.07 Å². The van der Waals surface area contributed by atoms with Crippen LogP contribution in [0.3, 0.4) is 0 Å². The number of aryl methyl sites for hydroxylation is 1. The molecule has 0 saturated heterocycles. The van der Waals surface area contributed by atoms with Crippen LogP contribution in [0.15, 0.2) is 16.7 Å². The summed E-state index contributed by atoms with van der Waals surface area (Å²) < 4.78 is 5.41. The molecule has 1 heterocycles. The summed E-state index contributed by atoms with van der Waals surface area (Å²) in [4.78, 5) is 0. The fourth-order valence-electron chi connectivity index (χ4n) is 1.88. The first-order valence-electron chi connectivity index (χ1n) is 5.85. The lowest BCUT2D eigenvalue weighted by atomic mass is 10.0. The van der Waals surface area contributed by atoms with Gasteiger partial charge in [0.05, 0.1) is 6.26 Å². The molecule has 3 N–H and O–H groups in total. The van der Waals surface area contributed by atoms with Crippen molar-refractivity contribution in [3.63, 3.8) is 0 Å². The molecule has 0 fully saturated rings. The largest absolute Gasteiger partial charge is 0.469 e. The molecule has 3 nitrogen and oxygen atoms in total. The molecule has 0 aliphatic heterocycles. The van der Waals surface area contributed by atoms with E-state index >= 15 is 0 Å². The van der Waals surface area contributed by atoms with Gasteiger partial charge < -0.3 is 4.42 Å². The molecular formula is C12H22N2O. The van der Waals surface area contributed by atoms with E-state index in [9.17, 15) is 0 Å². The van der Waals surface area contributed by atoms with Crippen molar-refractivity contribution in [1.82, 2.24) is 5.43 Å². The standard InChI is InChI=1S/C12H22N2O/c1-3-5-6-7-11(14-13)10-8-9-15-12(10)4-2/h8-9,11,14H,3-7,13H2,1-2H3. The Morgan fingerprint density at radius 3 is 2.80 bits per heavy atom. The summed E-state index contributed by atoms with van der Waals surface area (Å²) in [6.07, 6.45) is 7.46. The van der Waals surface area contributed by atoms with Crippen LogP contribution >= 0.6 is 0 Å². The van der Waals surface area contributed by atoms with Gasteiger partial charge in [0.1, 0.15) is 5.76 Å². The molecule has 1 unspecified atom stereocenters. The lowest BCUT2D eigenvalue weighted by Gasteiger charge is -2.15. The van der Waals surface area contributed by atoms with Gasteiger partial charge in [-0.25, -0.2) is 0 Å². The molecular weight excluding hydrogens is 188 g/mol. The van der Waals surface area contributed by atoms with Crippen molar-refractivity contribution in [3.8, 4) is 0 Å². The normalized spacial score (nSPS) is 13.0. The van der Waals surface area contributed by atoms with E-state index in [2.05, 4.69) is 19.3 Å². The van der Waals surface area contributed by atoms with Crippen LogP contribution in [0.2, 0.25) is 0 Å². The maximum absolute atomic E-state index is 5.58. The van der Waals surface area contributed by atoms with E-state index in [-0.39, 0.29) is 6.04 Å². The molecule has 1 rings (SSSR count). The molecule has 0 aromatic carbocycles. The first-order valence-corrected chi connectivity index (χ1v) is 5.85. The zero-order chi connectivity index (χ0) is 11.1. The number of rotatable bonds is 7. The SMILES string of the molecule is CCCCCC(NN)c1ccoc1CC. The number of unbranched alkanes of at least 4 members (excludes halogenated alkanes) is 2. The van der Waals surface area contributed by atoms with Gasteiger partial charge in [-0.3, -0.25) is 11.3 Å². The van der Waals surface area contributed by atoms with Gasteiger partial charge in [-0.15, -0.1) is 0 Å². The summed E-state index contributed by atoms with van der Waals surface area (Å²) >= 11 is 0. The smallest absolute Gasteiger partial charge is 0.108 e. The monoisotopic (exact) mass is 210 g/mol. The number of nitrogens with two attached hydrogens (primary N) is 1. The Morgan fingerprint density at radius 2 is 2.20 bits per heavy atom. The second kappa shape index (κ2) is 6.64. The predicted molar refractivity (Wildman–Crippen MR) is 62.3 cm³/mol. The van der Waals surface area contributed by atoms with E-state index in [4.69, 9.17) is 10.3 Å². The Balaban J connectivity index is 2.57. The first-order chi connectivity index (χ1) is 7.33. The summed E-state index contributed by atoms with van der Waals surface area (Å²) in [5.74, 6) is 6.63. The fourth-order valence-corrected chi connectivity index (χ4v) is 1.88. The van der Waals surface area contributed by atoms with Crippen molar-refractivity contribution in [3.05, 3.63) is 23.7 Å². The Kier molecular flexibility index (Phi) is 5.43. The lowest BCUT2D eigenvalue weighted by molar-refractivity contribution is 0.460. The summed E-state index contributed by atoms with van der Waals surface area (Å²) in [6.45, 7) is 4.31. The highest BCUT2D eigenvalue weighted by molar-refractivity contribution is 5.21. The maximum atomic E-state index is 5.58. The number of furan rings is 1. The average molecular weight is 210 g/mol. The summed E-state index contributed by atoms with van der Waals surface area (Å²) in [5.41, 5.74) is 4.10. The van der Waals surface area contributed by atoms with Gasteiger partial charge in [-0.2, -0.15) is 0 Å². The minimum Gasteiger partial charge on any atom is -0.469 e. The molecule has 86 valence electrons. The molecule has 1 aromatic rings. The van der Waals surface area contributed by atoms with Gasteiger partial charge in [-0.05, 0) is 12.5 Å². The third-order valence-corrected chi connectivity index (χ3v) is 2.77. The van der Waals surface area contributed by atoms with Crippen molar-refractivity contribution in [2.24, 2.45) is 5.84 Å². The second-order valence-electron chi connectivity index (χ2n) is 3.87. The Hall–Kier alpha value is -0.800. The minimum atomic E-state index is 0.241. The zero-order valence-corrected chi connectivity index (χ0v) is 9.75. The van der Waals surface area contributed by atoms with Crippen LogP contribution in [-0.2, 0) is 6.42 Å². The summed E-state index contributed by atoms with van der Waals surface area (Å²) in [5, 5.41) is 0. The van der Waals surface area contributed by atoms with E-state index in [0.717, 1.165) is 18.6 Å². The highest BCUT2D eigenvalue weighted by atomic mass is 16.3. The number of hydrogen-bond acceptors (Lipinski definition) is 3. The minimum absolute atomic E-state index is 0.241. The van der Waals surface area contributed by atoms with Crippen molar-refractivity contribution >= 4 is 0 Å². The molecule has 0 radical (unpaired) electrons. The average Bonchev–Trinajstić information content (AvgIpc) is 2.72. The molecule has 0 aliphatic carbocycles. The van der Waals surface area contributed by atoms with Gasteiger partial charge in [0.2, 0.25) is 0 Å². The van der Waals surface area contributed by atoms with Crippen LogP contribution in [0.4, 0.5) is 0 Å². The van der Waals surface area contributed by atoms with E-state index in [0.29, 0.717) is 0 Å². The Morgan fingerprint density at radius 1 is 1.40 bits per heavy atom. The molecule has 1 aromatic heterocycles. The molecule has 1 atom stereocenters. The topological polar surface area (TPSA) is 51.2 Å². The zero-order valence-electron chi connectivity index (χ0n) is 9.75. The van der Waals surface area contributed by atoms with Gasteiger partial charge in [0, 0.05) is 18.0 Å². The van der Waals surface area contributed by atoms with Gasteiger partial charge in [0.15, 0.2) is 0 Å². The van der Waals surface area contributed by atoms with Crippen molar-refractivity contribution in [2.75, 3.05) is 0 Å². The summed E-state index contributed by atoms with van der Waals surface area (Å²) in [6, 6.07) is 2.26. The molecule has 15 heavy (non-hydrogen) atoms. The molecule has 0 bridgehead atoms. The highest BCUT2D eigenvalue weighted by Crippen LogP contribution is 2.24. The molecule has 0 saturated carbocycles. The predicted octanol–water partition coefficient (Wildman–Crippen LogP) is 2.93. The number of hydrazine groups is 1. The Bertz CT molecular complexity index is 270. The van der Waals surface area contributed by atoms with Gasteiger partial charge in [-0.1, -0.05) is 33.1 Å². The van der Waals surface area contributed by atoms with Crippen LogP contribution in [0.1, 0.15) is 56.9 Å². The second-order valence-corrected chi connectivity index (χ2v) is 3.87. The van der Waals surface area contributed by atoms with Crippen LogP contribution in [0.5, 0.6) is 0 Å². The third kappa shape index (κ3) is 3.36. The van der Waals surface area contributed by atoms with Crippen LogP contribution in [-0.4, -0.2) is 0 Å². The van der Waals surface area contributed by atoms with Crippen molar-refractivity contribution in [1.29, 1.82) is 0 Å². The summed E-state index contributed by atoms with van der Waals surface area (Å²) in [7, 11) is 0. The molecule has 0 amide bonds. The van der Waals surface area contributed by atoms with Crippen LogP contribution in [0.25, 0.3) is 0 Å². The molecule has 3 heteroatoms. The number of nitrogens with one attached hydrogen (secondary N) is 1. The van der Waals surface area contributed by atoms with E-state index in [1.165, 1.54) is 24.8 Å². The fraction of sp³-hybridized carbons (Fsp3) is 0.667. The quantitative estimate of drug-likeness (QED) is 0.413. The van der Waals surface area contributed by atoms with Crippen LogP contribution < -0.4 is 11.3 Å². The maximum Gasteiger partial charge on any atom is 0.108 e. The van der Waals surface area contributed by atoms with Crippen molar-refractivity contribution in [2.45, 2.75) is 52.0 Å². The van der Waals surface area contributed by atoms with E-state index in [1.54, 1.807) is 6.26 Å². The van der Waals surface area contributed by atoms with Crippen molar-refractivity contribution < 1.29 is 4.42 Å². The van der Waals surface area contributed by atoms with E-state index < -0.39 is 0 Å². The molecule has 0 aliphatic rings. The van der Waals surface area contributed by atoms with Gasteiger partial charge >= 0.3 is 0 Å². The lowest BCUT2D eigenvalue weighted by Crippen LogP contribution is -2.28. The Labute approximate surface area is 92.0 Å². The number of hydrogen-bond donors (Lipinski definition) is 2. The first kappa shape index (κ1) is 12.3. The van der Waals surface area contributed by atoms with Crippen LogP contribution in [0, 0.1) is 0 Å². The van der Waals surface area contributed by atoms with Gasteiger partial charge in [0.25, 0.3) is 0 Å². The highest BCUT2D eigenvalue weighted by Gasteiger charge is 2.14. The third-order valence-electron chi connectivity index (χ3n) is 2.77. The molecule has 0 spiro atoms.